The summed E-state index contributed by atoms with van der Waals surface area (Å²) in [6.45, 7) is 0.942. The highest BCUT2D eigenvalue weighted by Crippen LogP contribution is 2.33. The van der Waals surface area contributed by atoms with Crippen LogP contribution < -0.4 is 14.8 Å². The Bertz CT molecular complexity index is 1270. The molecule has 1 N–H and O–H groups in total. The van der Waals surface area contributed by atoms with Gasteiger partial charge in [0, 0.05) is 38.5 Å². The zero-order valence-electron chi connectivity index (χ0n) is 17.5. The zero-order valence-corrected chi connectivity index (χ0v) is 17.5. The van der Waals surface area contributed by atoms with E-state index in [1.807, 2.05) is 0 Å². The molecule has 1 atom stereocenters. The number of alkyl halides is 3. The van der Waals surface area contributed by atoms with E-state index in [0.717, 1.165) is 6.92 Å². The van der Waals surface area contributed by atoms with Gasteiger partial charge in [0.2, 0.25) is 5.88 Å². The highest BCUT2D eigenvalue weighted by molar-refractivity contribution is 5.84. The van der Waals surface area contributed by atoms with Gasteiger partial charge < -0.3 is 14.8 Å². The monoisotopic (exact) mass is 448 g/mol. The van der Waals surface area contributed by atoms with Crippen LogP contribution in [-0.2, 0) is 14.1 Å². The fraction of sp³-hybridized carbons (Fsp3) is 0.316. The molecule has 0 saturated carbocycles. The van der Waals surface area contributed by atoms with E-state index in [4.69, 9.17) is 9.47 Å². The number of anilines is 2. The molecule has 4 rings (SSSR count). The first-order valence-electron chi connectivity index (χ1n) is 9.40. The van der Waals surface area contributed by atoms with Crippen molar-refractivity contribution in [3.63, 3.8) is 0 Å². The van der Waals surface area contributed by atoms with Crippen molar-refractivity contribution in [1.82, 2.24) is 34.5 Å². The van der Waals surface area contributed by atoms with Crippen LogP contribution in [0.2, 0.25) is 0 Å². The van der Waals surface area contributed by atoms with Gasteiger partial charge >= 0.3 is 6.18 Å². The highest BCUT2D eigenvalue weighted by Gasteiger charge is 2.38. The van der Waals surface area contributed by atoms with Crippen LogP contribution in [0.1, 0.15) is 6.92 Å². The molecule has 0 aliphatic rings. The third-order valence-electron chi connectivity index (χ3n) is 4.64. The second-order valence-corrected chi connectivity index (χ2v) is 6.90. The van der Waals surface area contributed by atoms with Crippen LogP contribution in [-0.4, -0.2) is 53.9 Å². The maximum absolute atomic E-state index is 13.0. The largest absolute Gasteiger partial charge is 0.481 e. The van der Waals surface area contributed by atoms with Crippen LogP contribution >= 0.6 is 0 Å². The first-order chi connectivity index (χ1) is 15.2. The number of fused-ring (bicyclic) bond motifs is 1. The molecule has 4 heterocycles. The molecule has 0 aliphatic heterocycles. The van der Waals surface area contributed by atoms with Crippen molar-refractivity contribution in [3.05, 3.63) is 30.6 Å². The Labute approximate surface area is 180 Å². The molecule has 13 heteroatoms. The minimum absolute atomic E-state index is 0.00828. The van der Waals surface area contributed by atoms with Crippen molar-refractivity contribution < 1.29 is 22.6 Å². The average molecular weight is 448 g/mol. The third-order valence-corrected chi connectivity index (χ3v) is 4.64. The number of halogens is 3. The Morgan fingerprint density at radius 3 is 2.62 bits per heavy atom. The fourth-order valence-corrected chi connectivity index (χ4v) is 2.91. The van der Waals surface area contributed by atoms with Crippen LogP contribution in [0.25, 0.3) is 22.6 Å². The normalized spacial score (nSPS) is 12.7. The number of hydrogen-bond acceptors (Lipinski definition) is 8. The van der Waals surface area contributed by atoms with Gasteiger partial charge in [-0.3, -0.25) is 9.36 Å². The molecular weight excluding hydrogens is 429 g/mol. The van der Waals surface area contributed by atoms with Crippen molar-refractivity contribution in [2.24, 2.45) is 14.1 Å². The van der Waals surface area contributed by atoms with Crippen LogP contribution in [0.4, 0.5) is 24.8 Å². The SMILES string of the molecule is COc1ccnc(-c2cc(Nc3cc(O[C@@H](C)C(F)(F)F)c4cnn(C)c4n3)n(C)n2)n1. The van der Waals surface area contributed by atoms with E-state index in [1.165, 1.54) is 28.7 Å². The second-order valence-electron chi connectivity index (χ2n) is 6.90. The zero-order chi connectivity index (χ0) is 23.0. The van der Waals surface area contributed by atoms with E-state index >= 15 is 0 Å². The summed E-state index contributed by atoms with van der Waals surface area (Å²) in [6.07, 6.45) is -3.56. The summed E-state index contributed by atoms with van der Waals surface area (Å²) < 4.78 is 52.4. The van der Waals surface area contributed by atoms with Gasteiger partial charge in [-0.25, -0.2) is 9.97 Å². The van der Waals surface area contributed by atoms with E-state index in [1.54, 1.807) is 32.4 Å². The molecule has 10 nitrogen and oxygen atoms in total. The number of aryl methyl sites for hydroxylation is 2. The molecule has 0 aromatic carbocycles. The summed E-state index contributed by atoms with van der Waals surface area (Å²) >= 11 is 0. The lowest BCUT2D eigenvalue weighted by Crippen LogP contribution is -2.31. The van der Waals surface area contributed by atoms with E-state index in [0.29, 0.717) is 34.2 Å². The number of nitrogens with zero attached hydrogens (tertiary/aromatic N) is 7. The maximum Gasteiger partial charge on any atom is 0.425 e. The van der Waals surface area contributed by atoms with E-state index in [9.17, 15) is 13.2 Å². The van der Waals surface area contributed by atoms with Gasteiger partial charge in [-0.15, -0.1) is 0 Å². The number of ether oxygens (including phenoxy) is 2. The van der Waals surface area contributed by atoms with Gasteiger partial charge in [-0.1, -0.05) is 0 Å². The molecule has 0 amide bonds. The number of pyridine rings is 1. The smallest absolute Gasteiger partial charge is 0.425 e. The second kappa shape index (κ2) is 7.98. The van der Waals surface area contributed by atoms with Crippen molar-refractivity contribution in [1.29, 1.82) is 0 Å². The lowest BCUT2D eigenvalue weighted by atomic mass is 10.3. The first kappa shape index (κ1) is 21.3. The van der Waals surface area contributed by atoms with E-state index in [-0.39, 0.29) is 11.6 Å². The summed E-state index contributed by atoms with van der Waals surface area (Å²) in [5.74, 6) is 1.51. The lowest BCUT2D eigenvalue weighted by molar-refractivity contribution is -0.188. The fourth-order valence-electron chi connectivity index (χ4n) is 2.91. The minimum atomic E-state index is -4.51. The van der Waals surface area contributed by atoms with E-state index in [2.05, 4.69) is 30.5 Å². The van der Waals surface area contributed by atoms with Gasteiger partial charge in [-0.05, 0) is 6.92 Å². The Kier molecular flexibility index (Phi) is 5.32. The van der Waals surface area contributed by atoms with Gasteiger partial charge in [0.15, 0.2) is 17.6 Å². The Morgan fingerprint density at radius 1 is 1.12 bits per heavy atom. The van der Waals surface area contributed by atoms with Crippen LogP contribution in [0.15, 0.2) is 30.6 Å². The van der Waals surface area contributed by atoms with Gasteiger partial charge in [0.1, 0.15) is 23.1 Å². The molecule has 0 spiro atoms. The molecule has 168 valence electrons. The highest BCUT2D eigenvalue weighted by atomic mass is 19.4. The summed E-state index contributed by atoms with van der Waals surface area (Å²) in [7, 11) is 4.83. The number of hydrogen-bond donors (Lipinski definition) is 1. The summed E-state index contributed by atoms with van der Waals surface area (Å²) in [5, 5.41) is 11.9. The van der Waals surface area contributed by atoms with E-state index < -0.39 is 12.3 Å². The summed E-state index contributed by atoms with van der Waals surface area (Å²) in [5.41, 5.74) is 0.829. The lowest BCUT2D eigenvalue weighted by Gasteiger charge is -2.18. The predicted molar refractivity (Wildman–Crippen MR) is 109 cm³/mol. The van der Waals surface area contributed by atoms with Crippen molar-refractivity contribution in [3.8, 4) is 23.1 Å². The van der Waals surface area contributed by atoms with Crippen molar-refractivity contribution >= 4 is 22.7 Å². The molecule has 32 heavy (non-hydrogen) atoms. The van der Waals surface area contributed by atoms with Gasteiger partial charge in [-0.2, -0.15) is 28.4 Å². The number of methoxy groups -OCH3 is 1. The Balaban J connectivity index is 1.69. The van der Waals surface area contributed by atoms with Gasteiger partial charge in [0.05, 0.1) is 18.7 Å². The maximum atomic E-state index is 13.0. The number of rotatable bonds is 6. The van der Waals surface area contributed by atoms with Crippen LogP contribution in [0.3, 0.4) is 0 Å². The molecular formula is C19H19F3N8O2. The molecule has 0 unspecified atom stereocenters. The summed E-state index contributed by atoms with van der Waals surface area (Å²) in [6, 6.07) is 4.69. The molecule has 0 saturated heterocycles. The van der Waals surface area contributed by atoms with Crippen LogP contribution in [0, 0.1) is 0 Å². The predicted octanol–water partition coefficient (Wildman–Crippen LogP) is 3.24. The number of aromatic nitrogens is 7. The molecule has 4 aromatic heterocycles. The van der Waals surface area contributed by atoms with Crippen molar-refractivity contribution in [2.75, 3.05) is 12.4 Å². The quantitative estimate of drug-likeness (QED) is 0.479. The minimum Gasteiger partial charge on any atom is -0.481 e. The Hall–Kier alpha value is -3.90. The average Bonchev–Trinajstić information content (AvgIpc) is 3.30. The topological polar surface area (TPSA) is 105 Å². The molecule has 0 radical (unpaired) electrons. The van der Waals surface area contributed by atoms with Gasteiger partial charge in [0.25, 0.3) is 0 Å². The summed E-state index contributed by atoms with van der Waals surface area (Å²) in [4.78, 5) is 12.9. The van der Waals surface area contributed by atoms with Crippen LogP contribution in [0.5, 0.6) is 11.6 Å². The first-order valence-corrected chi connectivity index (χ1v) is 9.40. The number of nitrogens with one attached hydrogen (secondary N) is 1. The molecule has 0 aliphatic carbocycles. The molecule has 4 aromatic rings. The van der Waals surface area contributed by atoms with Crippen molar-refractivity contribution in [2.45, 2.75) is 19.2 Å². The third kappa shape index (κ3) is 4.13. The standard InChI is InChI=1S/C19H19F3N8O2/c1-10(19(20,21)22)32-13-8-14(26-18-11(13)9-24-30(18)3)25-15-7-12(28-29(15)2)17-23-6-5-16(27-17)31-4/h5-10H,1-4H3,(H,25,26)/t10-/m0/s1. The Morgan fingerprint density at radius 2 is 1.91 bits per heavy atom. The molecule has 0 bridgehead atoms. The molecule has 0 fully saturated rings.